The maximum atomic E-state index is 12.3. The molecular weight excluding hydrogens is 269 g/mol. The fourth-order valence-corrected chi connectivity index (χ4v) is 1.76. The second-order valence-electron chi connectivity index (χ2n) is 4.24. The van der Waals surface area contributed by atoms with Crippen LogP contribution in [0.2, 0.25) is 0 Å². The third-order valence-corrected chi connectivity index (χ3v) is 2.63. The number of halogens is 3. The van der Waals surface area contributed by atoms with E-state index in [1.807, 2.05) is 6.92 Å². The highest BCUT2D eigenvalue weighted by molar-refractivity contribution is 5.69. The monoisotopic (exact) mass is 282 g/mol. The van der Waals surface area contributed by atoms with Gasteiger partial charge in [-0.2, -0.15) is 0 Å². The van der Waals surface area contributed by atoms with E-state index in [1.165, 1.54) is 18.2 Å². The molecule has 2 aromatic rings. The maximum absolute atomic E-state index is 12.3. The molecular formula is C14H13F3N2O. The zero-order valence-electron chi connectivity index (χ0n) is 10.7. The summed E-state index contributed by atoms with van der Waals surface area (Å²) in [7, 11) is 0. The van der Waals surface area contributed by atoms with E-state index < -0.39 is 6.36 Å². The topological polar surface area (TPSA) is 47.3 Å². The molecule has 0 fully saturated rings. The minimum Gasteiger partial charge on any atom is -0.404 e. The molecule has 2 aromatic carbocycles. The fourth-order valence-electron chi connectivity index (χ4n) is 1.76. The fraction of sp³-hybridized carbons (Fsp3) is 0.143. The number of hydrogen-bond acceptors (Lipinski definition) is 3. The van der Waals surface area contributed by atoms with Crippen LogP contribution < -0.4 is 15.8 Å². The number of nitrogens with two attached hydrogens (primary N) is 1. The average molecular weight is 282 g/mol. The Balaban J connectivity index is 2.29. The van der Waals surface area contributed by atoms with E-state index in [-0.39, 0.29) is 11.4 Å². The molecule has 106 valence electrons. The van der Waals surface area contributed by atoms with Gasteiger partial charge in [0.15, 0.2) is 5.75 Å². The van der Waals surface area contributed by atoms with Crippen LogP contribution in [0.25, 0.3) is 0 Å². The van der Waals surface area contributed by atoms with Crippen LogP contribution in [0.15, 0.2) is 42.5 Å². The molecule has 2 rings (SSSR count). The Morgan fingerprint density at radius 1 is 1.05 bits per heavy atom. The summed E-state index contributed by atoms with van der Waals surface area (Å²) in [6, 6.07) is 11.0. The number of ether oxygens (including phenoxy) is 1. The minimum absolute atomic E-state index is 0.234. The molecule has 0 aliphatic carbocycles. The molecule has 6 heteroatoms. The Hall–Kier alpha value is -2.37. The Morgan fingerprint density at radius 2 is 1.75 bits per heavy atom. The van der Waals surface area contributed by atoms with E-state index in [0.29, 0.717) is 11.4 Å². The number of nitrogens with one attached hydrogen (secondary N) is 1. The van der Waals surface area contributed by atoms with Crippen molar-refractivity contribution >= 4 is 17.1 Å². The van der Waals surface area contributed by atoms with Crippen molar-refractivity contribution in [1.82, 2.24) is 0 Å². The van der Waals surface area contributed by atoms with E-state index in [2.05, 4.69) is 10.1 Å². The minimum atomic E-state index is -4.73. The highest BCUT2D eigenvalue weighted by atomic mass is 19.4. The molecule has 0 bridgehead atoms. The highest BCUT2D eigenvalue weighted by Gasteiger charge is 2.32. The van der Waals surface area contributed by atoms with Crippen LogP contribution in [0.4, 0.5) is 30.2 Å². The first kappa shape index (κ1) is 14.0. The molecule has 0 radical (unpaired) electrons. The van der Waals surface area contributed by atoms with Crippen molar-refractivity contribution in [1.29, 1.82) is 0 Å². The Labute approximate surface area is 114 Å². The van der Waals surface area contributed by atoms with Gasteiger partial charge in [0, 0.05) is 11.4 Å². The number of aryl methyl sites for hydroxylation is 1. The van der Waals surface area contributed by atoms with Gasteiger partial charge in [0.05, 0.1) is 5.69 Å². The smallest absolute Gasteiger partial charge is 0.404 e. The molecule has 0 amide bonds. The summed E-state index contributed by atoms with van der Waals surface area (Å²) in [5.41, 5.74) is 7.95. The van der Waals surface area contributed by atoms with E-state index >= 15 is 0 Å². The van der Waals surface area contributed by atoms with Gasteiger partial charge >= 0.3 is 6.36 Å². The van der Waals surface area contributed by atoms with Crippen molar-refractivity contribution in [2.45, 2.75) is 13.3 Å². The summed E-state index contributed by atoms with van der Waals surface area (Å²) in [5.74, 6) is -0.281. The predicted octanol–water partition coefficient (Wildman–Crippen LogP) is 4.22. The molecule has 3 nitrogen and oxygen atoms in total. The maximum Gasteiger partial charge on any atom is 0.573 e. The van der Waals surface area contributed by atoms with Crippen LogP contribution in [0.5, 0.6) is 5.75 Å². The molecule has 20 heavy (non-hydrogen) atoms. The number of nitrogen functional groups attached to an aromatic ring is 1. The molecule has 0 spiro atoms. The van der Waals surface area contributed by atoms with Gasteiger partial charge in [-0.3, -0.25) is 0 Å². The van der Waals surface area contributed by atoms with E-state index in [9.17, 15) is 13.2 Å². The summed E-state index contributed by atoms with van der Waals surface area (Å²) in [4.78, 5) is 0. The molecule has 0 saturated heterocycles. The van der Waals surface area contributed by atoms with Crippen molar-refractivity contribution in [2.75, 3.05) is 11.1 Å². The first-order valence-corrected chi connectivity index (χ1v) is 5.83. The summed E-state index contributed by atoms with van der Waals surface area (Å²) in [6.45, 7) is 1.81. The standard InChI is InChI=1S/C14H13F3N2O/c1-9-8-10(18)6-7-11(9)19-12-4-2-3-5-13(12)20-14(15,16)17/h2-8,19H,18H2,1H3. The lowest BCUT2D eigenvalue weighted by Crippen LogP contribution is -2.17. The molecule has 0 aliphatic heterocycles. The second-order valence-corrected chi connectivity index (χ2v) is 4.24. The zero-order valence-corrected chi connectivity index (χ0v) is 10.7. The van der Waals surface area contributed by atoms with Crippen LogP contribution in [-0.4, -0.2) is 6.36 Å². The summed E-state index contributed by atoms with van der Waals surface area (Å²) in [6.07, 6.45) is -4.73. The number of alkyl halides is 3. The summed E-state index contributed by atoms with van der Waals surface area (Å²) < 4.78 is 41.0. The Bertz CT molecular complexity index is 612. The molecule has 3 N–H and O–H groups in total. The average Bonchev–Trinajstić information content (AvgIpc) is 2.33. The van der Waals surface area contributed by atoms with Crippen molar-refractivity contribution in [3.8, 4) is 5.75 Å². The first-order valence-electron chi connectivity index (χ1n) is 5.83. The molecule has 0 aliphatic rings. The van der Waals surface area contributed by atoms with Crippen molar-refractivity contribution in [2.24, 2.45) is 0 Å². The Morgan fingerprint density at radius 3 is 2.40 bits per heavy atom. The summed E-state index contributed by atoms with van der Waals surface area (Å²) >= 11 is 0. The van der Waals surface area contributed by atoms with Crippen LogP contribution in [0.3, 0.4) is 0 Å². The molecule has 0 aromatic heterocycles. The SMILES string of the molecule is Cc1cc(N)ccc1Nc1ccccc1OC(F)(F)F. The van der Waals surface area contributed by atoms with Crippen LogP contribution in [0.1, 0.15) is 5.56 Å². The number of para-hydroxylation sites is 2. The van der Waals surface area contributed by atoms with E-state index in [1.54, 1.807) is 24.3 Å². The molecule has 0 unspecified atom stereocenters. The van der Waals surface area contributed by atoms with Gasteiger partial charge in [0.25, 0.3) is 0 Å². The van der Waals surface area contributed by atoms with Crippen molar-refractivity contribution in [3.63, 3.8) is 0 Å². The van der Waals surface area contributed by atoms with Crippen molar-refractivity contribution < 1.29 is 17.9 Å². The lowest BCUT2D eigenvalue weighted by molar-refractivity contribution is -0.274. The van der Waals surface area contributed by atoms with Crippen LogP contribution >= 0.6 is 0 Å². The molecule has 0 heterocycles. The summed E-state index contributed by atoms with van der Waals surface area (Å²) in [5, 5.41) is 2.91. The lowest BCUT2D eigenvalue weighted by atomic mass is 10.1. The number of benzene rings is 2. The van der Waals surface area contributed by atoms with Gasteiger partial charge < -0.3 is 15.8 Å². The van der Waals surface area contributed by atoms with E-state index in [0.717, 1.165) is 5.56 Å². The number of hydrogen-bond donors (Lipinski definition) is 2. The van der Waals surface area contributed by atoms with Gasteiger partial charge in [0.2, 0.25) is 0 Å². The largest absolute Gasteiger partial charge is 0.573 e. The third kappa shape index (κ3) is 3.57. The number of rotatable bonds is 3. The van der Waals surface area contributed by atoms with Gasteiger partial charge in [-0.05, 0) is 42.8 Å². The molecule has 0 atom stereocenters. The van der Waals surface area contributed by atoms with E-state index in [4.69, 9.17) is 5.73 Å². The quantitative estimate of drug-likeness (QED) is 0.829. The predicted molar refractivity (Wildman–Crippen MR) is 72.0 cm³/mol. The van der Waals surface area contributed by atoms with Crippen molar-refractivity contribution in [3.05, 3.63) is 48.0 Å². The second kappa shape index (κ2) is 5.32. The normalized spacial score (nSPS) is 11.2. The molecule has 0 saturated carbocycles. The van der Waals surface area contributed by atoms with Gasteiger partial charge in [-0.25, -0.2) is 0 Å². The van der Waals surface area contributed by atoms with Crippen LogP contribution in [-0.2, 0) is 0 Å². The Kier molecular flexibility index (Phi) is 3.74. The van der Waals surface area contributed by atoms with Gasteiger partial charge in [0.1, 0.15) is 0 Å². The highest BCUT2D eigenvalue weighted by Crippen LogP contribution is 2.33. The third-order valence-electron chi connectivity index (χ3n) is 2.63. The van der Waals surface area contributed by atoms with Gasteiger partial charge in [-0.1, -0.05) is 12.1 Å². The van der Waals surface area contributed by atoms with Gasteiger partial charge in [-0.15, -0.1) is 13.2 Å². The first-order chi connectivity index (χ1) is 9.35. The number of anilines is 3. The van der Waals surface area contributed by atoms with Crippen LogP contribution in [0, 0.1) is 6.92 Å². The zero-order chi connectivity index (χ0) is 14.8. The lowest BCUT2D eigenvalue weighted by Gasteiger charge is -2.15.